The maximum atomic E-state index is 10.9. The number of carbonyl (C=O) groups is 1. The lowest BCUT2D eigenvalue weighted by Crippen LogP contribution is -2.12. The molecule has 0 aliphatic heterocycles. The number of nitrogens with zero attached hydrogens (tertiary/aromatic N) is 3. The lowest BCUT2D eigenvalue weighted by molar-refractivity contribution is 0.112. The molecule has 0 radical (unpaired) electrons. The Morgan fingerprint density at radius 1 is 1.47 bits per heavy atom. The molecule has 0 amide bonds. The van der Waals surface area contributed by atoms with E-state index < -0.39 is 0 Å². The molecule has 2 heterocycles. The van der Waals surface area contributed by atoms with E-state index in [1.807, 2.05) is 48.6 Å². The number of imidazole rings is 1. The van der Waals surface area contributed by atoms with Crippen molar-refractivity contribution in [2.75, 3.05) is 19.0 Å². The highest BCUT2D eigenvalue weighted by molar-refractivity contribution is 5.86. The van der Waals surface area contributed by atoms with Gasteiger partial charge >= 0.3 is 0 Å². The van der Waals surface area contributed by atoms with Crippen molar-refractivity contribution in [1.82, 2.24) is 9.38 Å². The van der Waals surface area contributed by atoms with Crippen molar-refractivity contribution in [1.29, 1.82) is 0 Å². The number of hydrogen-bond donors (Lipinski definition) is 0. The minimum atomic E-state index is 0.497. The molecular weight excluding hydrogens is 190 g/mol. The van der Waals surface area contributed by atoms with Crippen LogP contribution in [0.2, 0.25) is 0 Å². The van der Waals surface area contributed by atoms with E-state index in [9.17, 15) is 4.79 Å². The second kappa shape index (κ2) is 3.38. The van der Waals surface area contributed by atoms with Gasteiger partial charge in [-0.2, -0.15) is 0 Å². The third-order valence-electron chi connectivity index (χ3n) is 2.39. The molecule has 0 bridgehead atoms. The highest BCUT2D eigenvalue weighted by Gasteiger charge is 2.12. The number of aromatic nitrogens is 2. The first-order valence-corrected chi connectivity index (χ1v) is 4.75. The summed E-state index contributed by atoms with van der Waals surface area (Å²) in [6.07, 6.45) is 2.72. The fourth-order valence-corrected chi connectivity index (χ4v) is 1.72. The SMILES string of the molecule is Cc1cccn2c(N(C)C)nc(C=O)c12. The Bertz CT molecular complexity index is 514. The van der Waals surface area contributed by atoms with Crippen LogP contribution in [0.3, 0.4) is 0 Å². The monoisotopic (exact) mass is 203 g/mol. The van der Waals surface area contributed by atoms with E-state index in [1.54, 1.807) is 0 Å². The van der Waals surface area contributed by atoms with E-state index in [4.69, 9.17) is 0 Å². The standard InChI is InChI=1S/C11H13N3O/c1-8-5-4-6-14-10(8)9(7-15)12-11(14)13(2)3/h4-7H,1-3H3. The van der Waals surface area contributed by atoms with Crippen molar-refractivity contribution < 1.29 is 4.79 Å². The van der Waals surface area contributed by atoms with Gasteiger partial charge in [-0.15, -0.1) is 0 Å². The smallest absolute Gasteiger partial charge is 0.210 e. The van der Waals surface area contributed by atoms with Gasteiger partial charge in [0.2, 0.25) is 5.95 Å². The van der Waals surface area contributed by atoms with Gasteiger partial charge in [0.1, 0.15) is 5.69 Å². The number of fused-ring (bicyclic) bond motifs is 1. The summed E-state index contributed by atoms with van der Waals surface area (Å²) in [4.78, 5) is 17.1. The van der Waals surface area contributed by atoms with Crippen molar-refractivity contribution in [3.05, 3.63) is 29.6 Å². The van der Waals surface area contributed by atoms with Crippen LogP contribution < -0.4 is 4.90 Å². The molecule has 4 heteroatoms. The normalized spacial score (nSPS) is 10.6. The summed E-state index contributed by atoms with van der Waals surface area (Å²) in [5.41, 5.74) is 2.44. The van der Waals surface area contributed by atoms with Gasteiger partial charge in [0.25, 0.3) is 0 Å². The van der Waals surface area contributed by atoms with Crippen LogP contribution >= 0.6 is 0 Å². The Morgan fingerprint density at radius 3 is 2.80 bits per heavy atom. The van der Waals surface area contributed by atoms with Gasteiger partial charge in [-0.1, -0.05) is 6.07 Å². The molecule has 0 aliphatic carbocycles. The molecule has 2 aromatic heterocycles. The fraction of sp³-hybridized carbons (Fsp3) is 0.273. The molecular formula is C11H13N3O. The third kappa shape index (κ3) is 1.38. The maximum Gasteiger partial charge on any atom is 0.210 e. The minimum Gasteiger partial charge on any atom is -0.348 e. The predicted molar refractivity (Wildman–Crippen MR) is 59.6 cm³/mol. The van der Waals surface area contributed by atoms with Gasteiger partial charge in [0, 0.05) is 20.3 Å². The van der Waals surface area contributed by atoms with E-state index in [-0.39, 0.29) is 0 Å². The van der Waals surface area contributed by atoms with E-state index in [2.05, 4.69) is 4.98 Å². The van der Waals surface area contributed by atoms with Crippen molar-refractivity contribution in [3.8, 4) is 0 Å². The Morgan fingerprint density at radius 2 is 2.20 bits per heavy atom. The van der Waals surface area contributed by atoms with E-state index in [0.717, 1.165) is 23.3 Å². The molecule has 15 heavy (non-hydrogen) atoms. The number of aldehydes is 1. The Kier molecular flexibility index (Phi) is 2.19. The van der Waals surface area contributed by atoms with Crippen molar-refractivity contribution in [2.24, 2.45) is 0 Å². The van der Waals surface area contributed by atoms with Crippen LogP contribution in [0, 0.1) is 6.92 Å². The average Bonchev–Trinajstić information content (AvgIpc) is 2.58. The molecule has 2 rings (SSSR count). The molecule has 4 nitrogen and oxygen atoms in total. The van der Waals surface area contributed by atoms with Crippen LogP contribution in [0.4, 0.5) is 5.95 Å². The predicted octanol–water partition coefficient (Wildman–Crippen LogP) is 1.52. The highest BCUT2D eigenvalue weighted by atomic mass is 16.1. The quantitative estimate of drug-likeness (QED) is 0.694. The molecule has 0 aliphatic rings. The Balaban J connectivity index is 2.87. The highest BCUT2D eigenvalue weighted by Crippen LogP contribution is 2.20. The lowest BCUT2D eigenvalue weighted by atomic mass is 10.2. The first-order chi connectivity index (χ1) is 7.15. The summed E-state index contributed by atoms with van der Waals surface area (Å²) in [7, 11) is 3.82. The van der Waals surface area contributed by atoms with Crippen molar-refractivity contribution in [3.63, 3.8) is 0 Å². The van der Waals surface area contributed by atoms with Crippen LogP contribution in [0.25, 0.3) is 5.52 Å². The fourth-order valence-electron chi connectivity index (χ4n) is 1.72. The van der Waals surface area contributed by atoms with E-state index >= 15 is 0 Å². The summed E-state index contributed by atoms with van der Waals surface area (Å²) in [5, 5.41) is 0. The molecule has 0 unspecified atom stereocenters. The summed E-state index contributed by atoms with van der Waals surface area (Å²) >= 11 is 0. The lowest BCUT2D eigenvalue weighted by Gasteiger charge is -2.10. The molecule has 0 fully saturated rings. The van der Waals surface area contributed by atoms with E-state index in [1.165, 1.54) is 0 Å². The molecule has 78 valence electrons. The Labute approximate surface area is 88.2 Å². The number of hydrogen-bond acceptors (Lipinski definition) is 3. The van der Waals surface area contributed by atoms with Gasteiger partial charge in [0.05, 0.1) is 5.52 Å². The second-order valence-corrected chi connectivity index (χ2v) is 3.72. The molecule has 0 saturated heterocycles. The zero-order chi connectivity index (χ0) is 11.0. The van der Waals surface area contributed by atoms with Crippen molar-refractivity contribution >= 4 is 17.8 Å². The van der Waals surface area contributed by atoms with Crippen LogP contribution in [-0.4, -0.2) is 29.8 Å². The molecule has 0 spiro atoms. The van der Waals surface area contributed by atoms with Crippen molar-refractivity contribution in [2.45, 2.75) is 6.92 Å². The van der Waals surface area contributed by atoms with Gasteiger partial charge in [0.15, 0.2) is 6.29 Å². The topological polar surface area (TPSA) is 37.6 Å². The zero-order valence-electron chi connectivity index (χ0n) is 9.06. The summed E-state index contributed by atoms with van der Waals surface area (Å²) < 4.78 is 1.93. The molecule has 0 aromatic carbocycles. The first-order valence-electron chi connectivity index (χ1n) is 4.75. The summed E-state index contributed by atoms with van der Waals surface area (Å²) in [6, 6.07) is 3.93. The average molecular weight is 203 g/mol. The number of anilines is 1. The van der Waals surface area contributed by atoms with Gasteiger partial charge in [-0.05, 0) is 18.6 Å². The Hall–Kier alpha value is -1.84. The van der Waals surface area contributed by atoms with Crippen LogP contribution in [0.1, 0.15) is 16.1 Å². The number of pyridine rings is 1. The molecule has 0 N–H and O–H groups in total. The molecule has 0 saturated carbocycles. The molecule has 0 atom stereocenters. The summed E-state index contributed by atoms with van der Waals surface area (Å²) in [6.45, 7) is 1.98. The van der Waals surface area contributed by atoms with Crippen LogP contribution in [0.15, 0.2) is 18.3 Å². The number of carbonyl (C=O) groups excluding carboxylic acids is 1. The largest absolute Gasteiger partial charge is 0.348 e. The second-order valence-electron chi connectivity index (χ2n) is 3.72. The van der Waals surface area contributed by atoms with Gasteiger partial charge in [-0.3, -0.25) is 9.20 Å². The number of rotatable bonds is 2. The van der Waals surface area contributed by atoms with Crippen LogP contribution in [-0.2, 0) is 0 Å². The van der Waals surface area contributed by atoms with Gasteiger partial charge < -0.3 is 4.90 Å². The maximum absolute atomic E-state index is 10.9. The third-order valence-corrected chi connectivity index (χ3v) is 2.39. The summed E-state index contributed by atoms with van der Waals surface area (Å²) in [5.74, 6) is 0.774. The van der Waals surface area contributed by atoms with Gasteiger partial charge in [-0.25, -0.2) is 4.98 Å². The molecule has 2 aromatic rings. The first kappa shape index (κ1) is 9.71. The van der Waals surface area contributed by atoms with E-state index in [0.29, 0.717) is 5.69 Å². The minimum absolute atomic E-state index is 0.497. The zero-order valence-corrected chi connectivity index (χ0v) is 9.06. The number of aryl methyl sites for hydroxylation is 1. The van der Waals surface area contributed by atoms with Crippen LogP contribution in [0.5, 0.6) is 0 Å².